The number of Topliss-reactive ketones (excluding diaryl/α,β-unsaturated/α-hetero) is 1. The first kappa shape index (κ1) is 15.3. The van der Waals surface area contributed by atoms with Gasteiger partial charge in [-0.1, -0.05) is 29.6 Å². The van der Waals surface area contributed by atoms with Crippen LogP contribution in [0.5, 0.6) is 0 Å². The average molecular weight is 319 g/mol. The monoisotopic (exact) mass is 318 g/mol. The Kier molecular flexibility index (Phi) is 5.00. The van der Waals surface area contributed by atoms with Crippen molar-refractivity contribution in [1.29, 1.82) is 0 Å². The van der Waals surface area contributed by atoms with Crippen LogP contribution < -0.4 is 0 Å². The van der Waals surface area contributed by atoms with Gasteiger partial charge in [-0.15, -0.1) is 0 Å². The predicted octanol–water partition coefficient (Wildman–Crippen LogP) is 4.19. The second-order valence-electron chi connectivity index (χ2n) is 4.71. The lowest BCUT2D eigenvalue weighted by Gasteiger charge is -2.21. The van der Waals surface area contributed by atoms with Crippen LogP contribution in [0.25, 0.3) is 0 Å². The van der Waals surface area contributed by atoms with Gasteiger partial charge in [-0.2, -0.15) is 0 Å². The van der Waals surface area contributed by atoms with Crippen LogP contribution in [0.4, 0.5) is 4.39 Å². The van der Waals surface area contributed by atoms with Crippen molar-refractivity contribution >= 4 is 35.0 Å². The van der Waals surface area contributed by atoms with E-state index in [1.807, 2.05) is 0 Å². The maximum Gasteiger partial charge on any atom is 0.380 e. The van der Waals surface area contributed by atoms with Crippen molar-refractivity contribution in [3.63, 3.8) is 0 Å². The smallest absolute Gasteiger partial charge is 0.380 e. The molecule has 1 aromatic carbocycles. The fourth-order valence-corrected chi connectivity index (χ4v) is 2.77. The lowest BCUT2D eigenvalue weighted by molar-refractivity contribution is -0.144. The van der Waals surface area contributed by atoms with Gasteiger partial charge in [0.05, 0.1) is 15.6 Å². The molecular formula is C14H13Cl2FO3. The van der Waals surface area contributed by atoms with Gasteiger partial charge in [0.2, 0.25) is 0 Å². The highest BCUT2D eigenvalue weighted by atomic mass is 35.5. The minimum atomic E-state index is -1.04. The second kappa shape index (κ2) is 6.55. The summed E-state index contributed by atoms with van der Waals surface area (Å²) < 4.78 is 18.5. The second-order valence-corrected chi connectivity index (χ2v) is 5.50. The van der Waals surface area contributed by atoms with Crippen molar-refractivity contribution in [3.8, 4) is 0 Å². The number of rotatable bonds is 3. The largest absolute Gasteiger partial charge is 0.456 e. The fourth-order valence-electron chi connectivity index (χ4n) is 2.23. The number of halogens is 3. The minimum absolute atomic E-state index is 0.0676. The van der Waals surface area contributed by atoms with Crippen molar-refractivity contribution < 1.29 is 18.7 Å². The number of esters is 1. The average Bonchev–Trinajstić information content (AvgIpc) is 2.44. The Bertz CT molecular complexity index is 539. The molecule has 2 rings (SSSR count). The topological polar surface area (TPSA) is 43.4 Å². The quantitative estimate of drug-likeness (QED) is 0.363. The molecule has 0 heterocycles. The molecule has 0 bridgehead atoms. The summed E-state index contributed by atoms with van der Waals surface area (Å²) in [5.74, 6) is -2.85. The molecule has 1 aliphatic carbocycles. The van der Waals surface area contributed by atoms with E-state index in [9.17, 15) is 14.0 Å². The maximum atomic E-state index is 13.3. The normalized spacial score (nSPS) is 15.9. The molecule has 1 aromatic rings. The van der Waals surface area contributed by atoms with Crippen molar-refractivity contribution in [2.45, 2.75) is 38.2 Å². The van der Waals surface area contributed by atoms with Crippen molar-refractivity contribution in [2.24, 2.45) is 0 Å². The first-order chi connectivity index (χ1) is 9.50. The molecule has 0 atom stereocenters. The third-order valence-electron chi connectivity index (χ3n) is 3.28. The maximum absolute atomic E-state index is 13.3. The minimum Gasteiger partial charge on any atom is -0.456 e. The van der Waals surface area contributed by atoms with Gasteiger partial charge in [-0.3, -0.25) is 4.79 Å². The van der Waals surface area contributed by atoms with Crippen molar-refractivity contribution in [2.75, 3.05) is 0 Å². The zero-order valence-electron chi connectivity index (χ0n) is 10.6. The third-order valence-corrected chi connectivity index (χ3v) is 3.97. The molecule has 20 heavy (non-hydrogen) atoms. The molecule has 0 aliphatic heterocycles. The van der Waals surface area contributed by atoms with Gasteiger partial charge in [0.1, 0.15) is 11.9 Å². The van der Waals surface area contributed by atoms with Gasteiger partial charge in [0, 0.05) is 0 Å². The van der Waals surface area contributed by atoms with E-state index in [2.05, 4.69) is 0 Å². The molecule has 0 radical (unpaired) electrons. The summed E-state index contributed by atoms with van der Waals surface area (Å²) in [6, 6.07) is 2.22. The van der Waals surface area contributed by atoms with Gasteiger partial charge >= 0.3 is 5.97 Å². The third kappa shape index (κ3) is 3.30. The van der Waals surface area contributed by atoms with Crippen LogP contribution in [-0.2, 0) is 9.53 Å². The van der Waals surface area contributed by atoms with Gasteiger partial charge in [-0.25, -0.2) is 9.18 Å². The molecule has 0 amide bonds. The molecular weight excluding hydrogens is 306 g/mol. The highest BCUT2D eigenvalue weighted by Gasteiger charge is 2.28. The standard InChI is InChI=1S/C14H13Cl2FO3/c15-9-6-7-10(17)12(16)11(9)13(18)14(19)20-8-4-2-1-3-5-8/h6-8H,1-5H2. The Morgan fingerprint density at radius 2 is 1.80 bits per heavy atom. The molecule has 1 saturated carbocycles. The summed E-state index contributed by atoms with van der Waals surface area (Å²) in [4.78, 5) is 23.8. The Morgan fingerprint density at radius 3 is 2.45 bits per heavy atom. The summed E-state index contributed by atoms with van der Waals surface area (Å²) in [7, 11) is 0. The van der Waals surface area contributed by atoms with E-state index in [4.69, 9.17) is 27.9 Å². The molecule has 108 valence electrons. The van der Waals surface area contributed by atoms with Crippen LogP contribution in [0.2, 0.25) is 10.0 Å². The highest BCUT2D eigenvalue weighted by Crippen LogP contribution is 2.28. The molecule has 1 fully saturated rings. The Balaban J connectivity index is 2.14. The Hall–Kier alpha value is -1.13. The highest BCUT2D eigenvalue weighted by molar-refractivity contribution is 6.49. The van der Waals surface area contributed by atoms with Crippen LogP contribution in [0.1, 0.15) is 42.5 Å². The van der Waals surface area contributed by atoms with Crippen LogP contribution >= 0.6 is 23.2 Å². The number of ketones is 1. The van der Waals surface area contributed by atoms with Gasteiger partial charge in [-0.05, 0) is 37.8 Å². The number of ether oxygens (including phenoxy) is 1. The number of carbonyl (C=O) groups is 2. The van der Waals surface area contributed by atoms with Crippen LogP contribution in [0.15, 0.2) is 12.1 Å². The van der Waals surface area contributed by atoms with Crippen molar-refractivity contribution in [1.82, 2.24) is 0 Å². The van der Waals surface area contributed by atoms with E-state index in [1.54, 1.807) is 0 Å². The van der Waals surface area contributed by atoms with Gasteiger partial charge in [0.25, 0.3) is 5.78 Å². The molecule has 0 unspecified atom stereocenters. The van der Waals surface area contributed by atoms with E-state index in [0.29, 0.717) is 0 Å². The van der Waals surface area contributed by atoms with Crippen molar-refractivity contribution in [3.05, 3.63) is 33.6 Å². The Morgan fingerprint density at radius 1 is 1.15 bits per heavy atom. The molecule has 0 spiro atoms. The van der Waals surface area contributed by atoms with E-state index < -0.39 is 22.6 Å². The Labute approximate surface area is 126 Å². The predicted molar refractivity (Wildman–Crippen MR) is 73.7 cm³/mol. The van der Waals surface area contributed by atoms with Crippen LogP contribution in [0.3, 0.4) is 0 Å². The van der Waals surface area contributed by atoms with Gasteiger partial charge in [0.15, 0.2) is 0 Å². The molecule has 3 nitrogen and oxygen atoms in total. The zero-order chi connectivity index (χ0) is 14.7. The number of carbonyl (C=O) groups excluding carboxylic acids is 2. The van der Waals surface area contributed by atoms with Gasteiger partial charge < -0.3 is 4.74 Å². The fraction of sp³-hybridized carbons (Fsp3) is 0.429. The molecule has 0 saturated heterocycles. The number of benzene rings is 1. The number of hydrogen-bond acceptors (Lipinski definition) is 3. The van der Waals surface area contributed by atoms with E-state index in [-0.39, 0.29) is 16.7 Å². The lowest BCUT2D eigenvalue weighted by Crippen LogP contribution is -2.26. The molecule has 0 N–H and O–H groups in total. The summed E-state index contributed by atoms with van der Waals surface area (Å²) in [5.41, 5.74) is -0.339. The first-order valence-electron chi connectivity index (χ1n) is 6.39. The van der Waals surface area contributed by atoms with E-state index in [1.165, 1.54) is 6.07 Å². The molecule has 6 heteroatoms. The number of hydrogen-bond donors (Lipinski definition) is 0. The van der Waals surface area contributed by atoms with Crippen LogP contribution in [0, 0.1) is 5.82 Å². The zero-order valence-corrected chi connectivity index (χ0v) is 12.1. The molecule has 0 aromatic heterocycles. The van der Waals surface area contributed by atoms with E-state index in [0.717, 1.165) is 38.2 Å². The summed E-state index contributed by atoms with van der Waals surface area (Å²) in [6.45, 7) is 0. The van der Waals surface area contributed by atoms with Crippen LogP contribution in [-0.4, -0.2) is 17.9 Å². The SMILES string of the molecule is O=C(OC1CCCCC1)C(=O)c1c(Cl)ccc(F)c1Cl. The lowest BCUT2D eigenvalue weighted by atomic mass is 9.98. The summed E-state index contributed by atoms with van der Waals surface area (Å²) in [5, 5.41) is -0.523. The van der Waals surface area contributed by atoms with E-state index >= 15 is 0 Å². The summed E-state index contributed by atoms with van der Waals surface area (Å²) in [6.07, 6.45) is 4.25. The summed E-state index contributed by atoms with van der Waals surface area (Å²) >= 11 is 11.5. The first-order valence-corrected chi connectivity index (χ1v) is 7.15. The molecule has 1 aliphatic rings.